The lowest BCUT2D eigenvalue weighted by molar-refractivity contribution is -0.274. The van der Waals surface area contributed by atoms with Gasteiger partial charge < -0.3 is 20.3 Å². The van der Waals surface area contributed by atoms with Gasteiger partial charge in [-0.15, -0.1) is 13.2 Å². The topological polar surface area (TPSA) is 87.7 Å². The van der Waals surface area contributed by atoms with Crippen molar-refractivity contribution >= 4 is 23.4 Å². The zero-order chi connectivity index (χ0) is 27.7. The molecule has 0 saturated heterocycles. The molecule has 0 aromatic heterocycles. The zero-order valence-electron chi connectivity index (χ0n) is 21.6. The Kier molecular flexibility index (Phi) is 7.71. The van der Waals surface area contributed by atoms with Crippen LogP contribution in [0.4, 0.5) is 18.9 Å². The average molecular weight is 532 g/mol. The standard InChI is InChI=1S/C28H32F3N3O4/c1-17(2)34-22-10-6-4-8-18(22)12-13-20(25(34)36)32-24(35)21(33-26(37)27(3)14-15-27)16-19-9-5-7-11-23(19)38-28(29,30)31/h4-11,17,20-21H,12-16H2,1-3H3,(H,32,35)(H,33,37)/t20-,21-/m1/s1. The molecule has 204 valence electrons. The Morgan fingerprint density at radius 3 is 2.42 bits per heavy atom. The molecule has 1 fully saturated rings. The number of para-hydroxylation sites is 2. The van der Waals surface area contributed by atoms with E-state index in [0.717, 1.165) is 17.3 Å². The van der Waals surface area contributed by atoms with E-state index in [1.807, 2.05) is 38.1 Å². The Bertz CT molecular complexity index is 1210. The van der Waals surface area contributed by atoms with Crippen molar-refractivity contribution in [3.63, 3.8) is 0 Å². The molecule has 3 amide bonds. The van der Waals surface area contributed by atoms with E-state index in [4.69, 9.17) is 0 Å². The van der Waals surface area contributed by atoms with Crippen LogP contribution in [0.2, 0.25) is 0 Å². The van der Waals surface area contributed by atoms with E-state index in [9.17, 15) is 27.6 Å². The molecule has 2 N–H and O–H groups in total. The van der Waals surface area contributed by atoms with Gasteiger partial charge in [0.15, 0.2) is 0 Å². The van der Waals surface area contributed by atoms with Gasteiger partial charge in [0.2, 0.25) is 17.7 Å². The number of hydrogen-bond acceptors (Lipinski definition) is 4. The number of nitrogens with zero attached hydrogens (tertiary/aromatic N) is 1. The molecule has 7 nitrogen and oxygen atoms in total. The number of fused-ring (bicyclic) bond motifs is 1. The van der Waals surface area contributed by atoms with Gasteiger partial charge in [0.05, 0.1) is 0 Å². The van der Waals surface area contributed by atoms with Gasteiger partial charge in [0.1, 0.15) is 17.8 Å². The summed E-state index contributed by atoms with van der Waals surface area (Å²) in [5.74, 6) is -1.72. The third-order valence-electron chi connectivity index (χ3n) is 7.11. The second-order valence-electron chi connectivity index (χ2n) is 10.5. The van der Waals surface area contributed by atoms with E-state index >= 15 is 0 Å². The molecule has 0 spiro atoms. The van der Waals surface area contributed by atoms with Crippen LogP contribution < -0.4 is 20.3 Å². The van der Waals surface area contributed by atoms with Crippen LogP contribution in [0, 0.1) is 5.41 Å². The summed E-state index contributed by atoms with van der Waals surface area (Å²) in [5.41, 5.74) is 1.26. The lowest BCUT2D eigenvalue weighted by atomic mass is 10.0. The van der Waals surface area contributed by atoms with E-state index in [-0.39, 0.29) is 29.8 Å². The lowest BCUT2D eigenvalue weighted by Gasteiger charge is -2.30. The first-order chi connectivity index (χ1) is 17.9. The van der Waals surface area contributed by atoms with Crippen molar-refractivity contribution < 1.29 is 32.3 Å². The first-order valence-corrected chi connectivity index (χ1v) is 12.7. The molecule has 2 atom stereocenters. The normalized spacial score (nSPS) is 19.3. The molecule has 1 aliphatic carbocycles. The van der Waals surface area contributed by atoms with Crippen LogP contribution in [0.3, 0.4) is 0 Å². The number of amides is 3. The van der Waals surface area contributed by atoms with E-state index in [1.165, 1.54) is 18.2 Å². The van der Waals surface area contributed by atoms with E-state index in [0.29, 0.717) is 25.7 Å². The molecule has 2 aromatic carbocycles. The summed E-state index contributed by atoms with van der Waals surface area (Å²) >= 11 is 0. The number of carbonyl (C=O) groups is 3. The molecule has 1 aliphatic heterocycles. The largest absolute Gasteiger partial charge is 0.573 e. The van der Waals surface area contributed by atoms with Gasteiger partial charge in [-0.25, -0.2) is 0 Å². The number of benzene rings is 2. The summed E-state index contributed by atoms with van der Waals surface area (Å²) in [6.07, 6.45) is -2.95. The maximum Gasteiger partial charge on any atom is 0.573 e. The first-order valence-electron chi connectivity index (χ1n) is 12.7. The van der Waals surface area contributed by atoms with Crippen LogP contribution in [-0.4, -0.2) is 42.2 Å². The predicted octanol–water partition coefficient (Wildman–Crippen LogP) is 4.29. The summed E-state index contributed by atoms with van der Waals surface area (Å²) in [7, 11) is 0. The monoisotopic (exact) mass is 531 g/mol. The molecule has 4 rings (SSSR count). The fourth-order valence-electron chi connectivity index (χ4n) is 4.68. The van der Waals surface area contributed by atoms with Crippen molar-refractivity contribution in [3.8, 4) is 5.75 Å². The molecule has 2 aromatic rings. The highest BCUT2D eigenvalue weighted by Crippen LogP contribution is 2.45. The molecule has 10 heteroatoms. The third-order valence-corrected chi connectivity index (χ3v) is 7.11. The fraction of sp³-hybridized carbons (Fsp3) is 0.464. The van der Waals surface area contributed by atoms with E-state index < -0.39 is 35.5 Å². The van der Waals surface area contributed by atoms with Crippen LogP contribution in [0.25, 0.3) is 0 Å². The van der Waals surface area contributed by atoms with Gasteiger partial charge in [-0.2, -0.15) is 0 Å². The van der Waals surface area contributed by atoms with Crippen LogP contribution in [0.5, 0.6) is 5.75 Å². The number of alkyl halides is 3. The molecule has 0 unspecified atom stereocenters. The Hall–Kier alpha value is -3.56. The Morgan fingerprint density at radius 1 is 1.11 bits per heavy atom. The summed E-state index contributed by atoms with van der Waals surface area (Å²) in [6, 6.07) is 10.8. The minimum absolute atomic E-state index is 0.106. The van der Waals surface area contributed by atoms with Crippen molar-refractivity contribution in [2.45, 2.75) is 77.4 Å². The summed E-state index contributed by atoms with van der Waals surface area (Å²) in [5, 5.41) is 5.50. The Labute approximate surface area is 219 Å². The minimum Gasteiger partial charge on any atom is -0.406 e. The average Bonchev–Trinajstić information content (AvgIpc) is 3.62. The number of anilines is 1. The number of halogens is 3. The number of ether oxygens (including phenoxy) is 1. The fourth-order valence-corrected chi connectivity index (χ4v) is 4.68. The summed E-state index contributed by atoms with van der Waals surface area (Å²) in [6.45, 7) is 5.54. The molecule has 38 heavy (non-hydrogen) atoms. The first kappa shape index (κ1) is 27.5. The molecule has 1 saturated carbocycles. The highest BCUT2D eigenvalue weighted by molar-refractivity contribution is 6.02. The van der Waals surface area contributed by atoms with E-state index in [2.05, 4.69) is 15.4 Å². The van der Waals surface area contributed by atoms with Crippen molar-refractivity contribution in [1.29, 1.82) is 0 Å². The molecule has 0 bridgehead atoms. The smallest absolute Gasteiger partial charge is 0.406 e. The number of nitrogens with one attached hydrogen (secondary N) is 2. The quantitative estimate of drug-likeness (QED) is 0.532. The third kappa shape index (κ3) is 6.28. The molecule has 0 radical (unpaired) electrons. The van der Waals surface area contributed by atoms with Gasteiger partial charge >= 0.3 is 6.36 Å². The Morgan fingerprint density at radius 2 is 1.76 bits per heavy atom. The van der Waals surface area contributed by atoms with Crippen molar-refractivity contribution in [2.75, 3.05) is 4.90 Å². The number of aryl methyl sites for hydroxylation is 1. The summed E-state index contributed by atoms with van der Waals surface area (Å²) < 4.78 is 43.1. The van der Waals surface area contributed by atoms with Gasteiger partial charge in [-0.05, 0) is 62.8 Å². The van der Waals surface area contributed by atoms with Crippen LogP contribution in [-0.2, 0) is 27.2 Å². The van der Waals surface area contributed by atoms with Crippen LogP contribution in [0.1, 0.15) is 51.2 Å². The SMILES string of the molecule is CC(C)N1C(=O)[C@H](NC(=O)[C@@H](Cc2ccccc2OC(F)(F)F)NC(=O)C2(C)CC2)CCc2ccccc21. The molecular formula is C28H32F3N3O4. The van der Waals surface area contributed by atoms with Crippen molar-refractivity contribution in [3.05, 3.63) is 59.7 Å². The maximum atomic E-state index is 13.5. The molecule has 2 aliphatic rings. The summed E-state index contributed by atoms with van der Waals surface area (Å²) in [4.78, 5) is 41.6. The molecular weight excluding hydrogens is 499 g/mol. The number of carbonyl (C=O) groups excluding carboxylic acids is 3. The van der Waals surface area contributed by atoms with Gasteiger partial charge in [0.25, 0.3) is 0 Å². The van der Waals surface area contributed by atoms with Crippen LogP contribution in [0.15, 0.2) is 48.5 Å². The number of hydrogen-bond donors (Lipinski definition) is 2. The number of rotatable bonds is 8. The lowest BCUT2D eigenvalue weighted by Crippen LogP contribution is -2.56. The highest BCUT2D eigenvalue weighted by atomic mass is 19.4. The molecule has 1 heterocycles. The Balaban J connectivity index is 1.58. The maximum absolute atomic E-state index is 13.5. The second-order valence-corrected chi connectivity index (χ2v) is 10.5. The van der Waals surface area contributed by atoms with Crippen molar-refractivity contribution in [1.82, 2.24) is 10.6 Å². The van der Waals surface area contributed by atoms with Gasteiger partial charge in [0, 0.05) is 23.6 Å². The predicted molar refractivity (Wildman–Crippen MR) is 135 cm³/mol. The minimum atomic E-state index is -4.92. The van der Waals surface area contributed by atoms with Gasteiger partial charge in [-0.1, -0.05) is 43.3 Å². The van der Waals surface area contributed by atoms with Crippen LogP contribution >= 0.6 is 0 Å². The highest BCUT2D eigenvalue weighted by Gasteiger charge is 2.46. The zero-order valence-corrected chi connectivity index (χ0v) is 21.6. The van der Waals surface area contributed by atoms with Gasteiger partial charge in [-0.3, -0.25) is 14.4 Å². The second kappa shape index (κ2) is 10.7. The van der Waals surface area contributed by atoms with E-state index in [1.54, 1.807) is 11.8 Å². The van der Waals surface area contributed by atoms with Crippen molar-refractivity contribution in [2.24, 2.45) is 5.41 Å².